The van der Waals surface area contributed by atoms with Gasteiger partial charge >= 0.3 is 0 Å². The van der Waals surface area contributed by atoms with Gasteiger partial charge in [-0.2, -0.15) is 0 Å². The van der Waals surface area contributed by atoms with Crippen LogP contribution in [0.2, 0.25) is 0 Å². The highest BCUT2D eigenvalue weighted by Gasteiger charge is 2.42. The SMILES string of the molecule is CC(C)[C@H](O)[C@@H](C)/C=C/[C@H]1C[C@@H](C[C@@H]2C[C@H](C[C@H]3C[C@H](C[C@@H]4C[C@H](CC=O)O[C@H](c5ccccc5)O4)OC(C)(C)O3)O[C@@H](c3ccccc3)O2)O[C@@H](c2ccccc2)O1. The monoisotopic (exact) mass is 812 g/mol. The predicted molar refractivity (Wildman–Crippen MR) is 223 cm³/mol. The van der Waals surface area contributed by atoms with Gasteiger partial charge in [-0.3, -0.25) is 0 Å². The molecule has 0 spiro atoms. The summed E-state index contributed by atoms with van der Waals surface area (Å²) in [5, 5.41) is 10.7. The quantitative estimate of drug-likeness (QED) is 0.118. The molecule has 10 nitrogen and oxygen atoms in total. The predicted octanol–water partition coefficient (Wildman–Crippen LogP) is 9.48. The fourth-order valence-electron chi connectivity index (χ4n) is 9.01. The zero-order valence-corrected chi connectivity index (χ0v) is 35.3. The van der Waals surface area contributed by atoms with Crippen LogP contribution in [0.1, 0.15) is 122 Å². The van der Waals surface area contributed by atoms with Gasteiger partial charge in [0.25, 0.3) is 0 Å². The van der Waals surface area contributed by atoms with Crippen molar-refractivity contribution in [3.63, 3.8) is 0 Å². The molecule has 10 heteroatoms. The van der Waals surface area contributed by atoms with E-state index in [2.05, 4.69) is 12.2 Å². The van der Waals surface area contributed by atoms with Crippen molar-refractivity contribution in [2.75, 3.05) is 0 Å². The van der Waals surface area contributed by atoms with Crippen molar-refractivity contribution < 1.29 is 47.8 Å². The topological polar surface area (TPSA) is 111 Å². The number of rotatable bonds is 15. The molecule has 0 unspecified atom stereocenters. The second kappa shape index (κ2) is 20.5. The van der Waals surface area contributed by atoms with Crippen molar-refractivity contribution in [2.24, 2.45) is 11.8 Å². The fraction of sp³-hybridized carbons (Fsp3) is 0.571. The molecule has 7 rings (SSSR count). The second-order valence-corrected chi connectivity index (χ2v) is 17.6. The molecule has 0 bridgehead atoms. The highest BCUT2D eigenvalue weighted by Crippen LogP contribution is 2.41. The molecule has 3 aromatic rings. The maximum Gasteiger partial charge on any atom is 0.184 e. The van der Waals surface area contributed by atoms with Crippen LogP contribution in [0, 0.1) is 11.8 Å². The molecule has 0 radical (unpaired) electrons. The number of benzene rings is 3. The first-order valence-electron chi connectivity index (χ1n) is 21.7. The molecule has 0 aliphatic carbocycles. The Balaban J connectivity index is 1.04. The molecule has 59 heavy (non-hydrogen) atoms. The van der Waals surface area contributed by atoms with Crippen LogP contribution in [0.15, 0.2) is 103 Å². The summed E-state index contributed by atoms with van der Waals surface area (Å²) in [7, 11) is 0. The van der Waals surface area contributed by atoms with E-state index in [1.807, 2.05) is 126 Å². The van der Waals surface area contributed by atoms with E-state index in [0.29, 0.717) is 51.4 Å². The summed E-state index contributed by atoms with van der Waals surface area (Å²) in [5.74, 6) is -0.657. The first-order valence-corrected chi connectivity index (χ1v) is 21.7. The van der Waals surface area contributed by atoms with Crippen LogP contribution in [0.5, 0.6) is 0 Å². The van der Waals surface area contributed by atoms with Crippen LogP contribution in [0.25, 0.3) is 0 Å². The van der Waals surface area contributed by atoms with Crippen molar-refractivity contribution in [1.29, 1.82) is 0 Å². The Bertz CT molecular complexity index is 1740. The van der Waals surface area contributed by atoms with Crippen molar-refractivity contribution in [3.8, 4) is 0 Å². The highest BCUT2D eigenvalue weighted by atomic mass is 16.7. The molecule has 4 aliphatic heterocycles. The molecule has 4 fully saturated rings. The number of ether oxygens (including phenoxy) is 8. The Kier molecular flexibility index (Phi) is 15.2. The third-order valence-electron chi connectivity index (χ3n) is 11.9. The summed E-state index contributed by atoms with van der Waals surface area (Å²) >= 11 is 0. The normalized spacial score (nSPS) is 33.7. The van der Waals surface area contributed by atoms with E-state index < -0.39 is 30.8 Å². The third kappa shape index (κ3) is 12.4. The van der Waals surface area contributed by atoms with Crippen LogP contribution in [0.3, 0.4) is 0 Å². The zero-order chi connectivity index (χ0) is 41.4. The summed E-state index contributed by atoms with van der Waals surface area (Å²) < 4.78 is 52.6. The standard InChI is InChI=1S/C49H64O10/c1-32(2)45(51)33(3)21-22-37-25-39(54-46(52-37)34-15-9-6-10-16-34)27-41-28-42(57-48(56-41)36-19-13-8-14-20-36)30-44-31-43(58-49(4,5)59-44)29-40-26-38(23-24-50)53-47(55-40)35-17-11-7-12-18-35/h6-22,24,32-33,37-48,51H,23,25-31H2,1-5H3/b22-21+/t33-,37-,38-,39-,40-,41+,42+,43-,44-,45-,46-,47-,48-/m0/s1. The lowest BCUT2D eigenvalue weighted by Gasteiger charge is -2.45. The van der Waals surface area contributed by atoms with Gasteiger partial charge in [-0.15, -0.1) is 0 Å². The number of carbonyl (C=O) groups excluding carboxylic acids is 1. The van der Waals surface area contributed by atoms with Crippen LogP contribution in [-0.2, 0) is 42.7 Å². The Labute approximate surface area is 350 Å². The Hall–Kier alpha value is -3.29. The number of hydrogen-bond donors (Lipinski definition) is 1. The number of aliphatic hydroxyl groups is 1. The average molecular weight is 813 g/mol. The number of aliphatic hydroxyl groups excluding tert-OH is 1. The first kappa shape index (κ1) is 43.8. The van der Waals surface area contributed by atoms with Crippen molar-refractivity contribution in [1.82, 2.24) is 0 Å². The molecule has 4 heterocycles. The van der Waals surface area contributed by atoms with Gasteiger partial charge in [-0.25, -0.2) is 0 Å². The van der Waals surface area contributed by atoms with Gasteiger partial charge in [0.05, 0.1) is 54.9 Å². The minimum Gasteiger partial charge on any atom is -0.392 e. The number of aldehydes is 1. The summed E-state index contributed by atoms with van der Waals surface area (Å²) in [4.78, 5) is 11.5. The van der Waals surface area contributed by atoms with Gasteiger partial charge in [-0.1, -0.05) is 124 Å². The lowest BCUT2D eigenvalue weighted by Crippen LogP contribution is -2.48. The van der Waals surface area contributed by atoms with E-state index in [1.165, 1.54) is 0 Å². The summed E-state index contributed by atoms with van der Waals surface area (Å²) in [6, 6.07) is 30.1. The lowest BCUT2D eigenvalue weighted by atomic mass is 9.92. The minimum absolute atomic E-state index is 0.00643. The van der Waals surface area contributed by atoms with Crippen LogP contribution in [-0.4, -0.2) is 72.1 Å². The second-order valence-electron chi connectivity index (χ2n) is 17.6. The van der Waals surface area contributed by atoms with Gasteiger partial charge < -0.3 is 47.8 Å². The molecule has 13 atom stereocenters. The van der Waals surface area contributed by atoms with E-state index in [1.54, 1.807) is 0 Å². The molecule has 4 aliphatic rings. The van der Waals surface area contributed by atoms with Crippen LogP contribution < -0.4 is 0 Å². The van der Waals surface area contributed by atoms with E-state index in [-0.39, 0.29) is 60.7 Å². The van der Waals surface area contributed by atoms with E-state index in [4.69, 9.17) is 37.9 Å². The summed E-state index contributed by atoms with van der Waals surface area (Å²) in [6.07, 6.45) is 6.78. The first-order chi connectivity index (χ1) is 28.5. The average Bonchev–Trinajstić information content (AvgIpc) is 3.22. The molecule has 1 N–H and O–H groups in total. The van der Waals surface area contributed by atoms with Crippen molar-refractivity contribution in [2.45, 2.75) is 166 Å². The van der Waals surface area contributed by atoms with E-state index in [0.717, 1.165) is 23.0 Å². The molecule has 0 aromatic heterocycles. The summed E-state index contributed by atoms with van der Waals surface area (Å²) in [6.45, 7) is 10.1. The van der Waals surface area contributed by atoms with Gasteiger partial charge in [0, 0.05) is 74.0 Å². The molecule has 3 aromatic carbocycles. The molecular formula is C49H64O10. The molecule has 320 valence electrons. The minimum atomic E-state index is -0.809. The number of hydrogen-bond acceptors (Lipinski definition) is 10. The molecular weight excluding hydrogens is 749 g/mol. The van der Waals surface area contributed by atoms with Gasteiger partial charge in [0.15, 0.2) is 24.7 Å². The Morgan fingerprint density at radius 1 is 0.576 bits per heavy atom. The maximum atomic E-state index is 11.5. The van der Waals surface area contributed by atoms with E-state index in [9.17, 15) is 9.90 Å². The lowest BCUT2D eigenvalue weighted by molar-refractivity contribution is -0.320. The van der Waals surface area contributed by atoms with E-state index >= 15 is 0 Å². The van der Waals surface area contributed by atoms with Gasteiger partial charge in [0.2, 0.25) is 0 Å². The summed E-state index contributed by atoms with van der Waals surface area (Å²) in [5.41, 5.74) is 2.87. The highest BCUT2D eigenvalue weighted by molar-refractivity contribution is 5.50. The molecule has 4 saturated heterocycles. The molecule has 0 saturated carbocycles. The van der Waals surface area contributed by atoms with Crippen molar-refractivity contribution in [3.05, 3.63) is 120 Å². The zero-order valence-electron chi connectivity index (χ0n) is 35.3. The molecule has 0 amide bonds. The van der Waals surface area contributed by atoms with Crippen LogP contribution >= 0.6 is 0 Å². The maximum absolute atomic E-state index is 11.5. The largest absolute Gasteiger partial charge is 0.392 e. The van der Waals surface area contributed by atoms with Gasteiger partial charge in [-0.05, 0) is 19.8 Å². The Morgan fingerprint density at radius 2 is 0.966 bits per heavy atom. The van der Waals surface area contributed by atoms with Crippen molar-refractivity contribution >= 4 is 6.29 Å². The third-order valence-corrected chi connectivity index (χ3v) is 11.9. The van der Waals surface area contributed by atoms with Gasteiger partial charge in [0.1, 0.15) is 6.29 Å². The smallest absolute Gasteiger partial charge is 0.184 e. The fourth-order valence-corrected chi connectivity index (χ4v) is 9.01. The Morgan fingerprint density at radius 3 is 1.42 bits per heavy atom. The van der Waals surface area contributed by atoms with Crippen LogP contribution in [0.4, 0.5) is 0 Å². The number of carbonyl (C=O) groups is 1.